The lowest BCUT2D eigenvalue weighted by Crippen LogP contribution is -2.30. The zero-order valence-electron chi connectivity index (χ0n) is 21.4. The van der Waals surface area contributed by atoms with Gasteiger partial charge < -0.3 is 21.3 Å². The fourth-order valence-electron chi connectivity index (χ4n) is 3.95. The molecular weight excluding hydrogens is 660 g/mol. The minimum Gasteiger partial charge on any atom is -0.397 e. The van der Waals surface area contributed by atoms with Gasteiger partial charge in [-0.2, -0.15) is 0 Å². The molecule has 2 aromatic rings. The van der Waals surface area contributed by atoms with E-state index in [9.17, 15) is 0 Å². The minimum atomic E-state index is 0.634. The summed E-state index contributed by atoms with van der Waals surface area (Å²) in [7, 11) is 0. The predicted octanol–water partition coefficient (Wildman–Crippen LogP) is 6.34. The quantitative estimate of drug-likeness (QED) is 0.287. The summed E-state index contributed by atoms with van der Waals surface area (Å²) in [5, 5.41) is 0. The Morgan fingerprint density at radius 2 is 1.27 bits per heavy atom. The highest BCUT2D eigenvalue weighted by molar-refractivity contribution is 9.11. The smallest absolute Gasteiger partial charge is 0.136 e. The van der Waals surface area contributed by atoms with Gasteiger partial charge in [-0.25, -0.2) is 9.97 Å². The number of hydrogen-bond acceptors (Lipinski definition) is 6. The summed E-state index contributed by atoms with van der Waals surface area (Å²) in [5.74, 6) is 8.88. The van der Waals surface area contributed by atoms with Crippen molar-refractivity contribution in [2.75, 3.05) is 50.7 Å². The molecule has 0 atom stereocenters. The Kier molecular flexibility index (Phi) is 15.9. The predicted molar refractivity (Wildman–Crippen MR) is 166 cm³/mol. The number of nitrogen functional groups attached to an aromatic ring is 2. The number of nitrogens with zero attached hydrogens (tertiary/aromatic N) is 4. The zero-order chi connectivity index (χ0) is 26.9. The lowest BCUT2D eigenvalue weighted by atomic mass is 10.1. The molecule has 2 saturated heterocycles. The molecule has 0 bridgehead atoms. The summed E-state index contributed by atoms with van der Waals surface area (Å²) in [6, 6.07) is 3.62. The van der Waals surface area contributed by atoms with Crippen LogP contribution in [0.5, 0.6) is 0 Å². The highest BCUT2D eigenvalue weighted by Gasteiger charge is 2.08. The molecule has 0 unspecified atom stereocenters. The summed E-state index contributed by atoms with van der Waals surface area (Å²) in [4.78, 5) is 13.1. The second kappa shape index (κ2) is 18.6. The van der Waals surface area contributed by atoms with Crippen molar-refractivity contribution in [1.29, 1.82) is 0 Å². The Labute approximate surface area is 247 Å². The summed E-state index contributed by atoms with van der Waals surface area (Å²) in [6.45, 7) is 7.14. The molecule has 0 radical (unpaired) electrons. The highest BCUT2D eigenvalue weighted by atomic mass is 79.9. The first kappa shape index (κ1) is 31.6. The maximum atomic E-state index is 5.84. The number of likely N-dealkylation sites (tertiary alicyclic amines) is 2. The van der Waals surface area contributed by atoms with Gasteiger partial charge in [-0.15, -0.1) is 12.3 Å². The van der Waals surface area contributed by atoms with Gasteiger partial charge >= 0.3 is 0 Å². The maximum Gasteiger partial charge on any atom is 0.136 e. The van der Waals surface area contributed by atoms with E-state index in [4.69, 9.17) is 17.9 Å². The number of piperidine rings is 2. The maximum absolute atomic E-state index is 5.84. The number of halogens is 3. The number of terminal acetylenes is 1. The fraction of sp³-hybridized carbons (Fsp3) is 0.500. The Balaban J connectivity index is 0.000000214. The van der Waals surface area contributed by atoms with E-state index in [1.54, 1.807) is 18.5 Å². The van der Waals surface area contributed by atoms with Crippen LogP contribution in [0.25, 0.3) is 0 Å². The third kappa shape index (κ3) is 13.7. The average Bonchev–Trinajstić information content (AvgIpc) is 2.91. The molecule has 0 aromatic carbocycles. The molecule has 6 nitrogen and oxygen atoms in total. The van der Waals surface area contributed by atoms with Gasteiger partial charge in [0.1, 0.15) is 10.3 Å². The van der Waals surface area contributed by atoms with Crippen molar-refractivity contribution in [2.24, 2.45) is 0 Å². The van der Waals surface area contributed by atoms with E-state index in [2.05, 4.69) is 85.3 Å². The van der Waals surface area contributed by atoms with Crippen LogP contribution in [-0.4, -0.2) is 59.0 Å². The van der Waals surface area contributed by atoms with Crippen molar-refractivity contribution in [3.63, 3.8) is 0 Å². The number of aromatic nitrogens is 2. The molecule has 200 valence electrons. The van der Waals surface area contributed by atoms with Crippen molar-refractivity contribution >= 4 is 59.2 Å². The van der Waals surface area contributed by atoms with Crippen LogP contribution in [0.3, 0.4) is 0 Å². The molecule has 2 aliphatic heterocycles. The number of nitrogens with two attached hydrogens (primary N) is 2. The van der Waals surface area contributed by atoms with Gasteiger partial charge in [0.15, 0.2) is 0 Å². The zero-order valence-corrected chi connectivity index (χ0v) is 26.1. The van der Waals surface area contributed by atoms with Crippen LogP contribution < -0.4 is 11.5 Å². The van der Waals surface area contributed by atoms with Gasteiger partial charge in [0.25, 0.3) is 0 Å². The Bertz CT molecular complexity index is 1050. The second-order valence-corrected chi connectivity index (χ2v) is 11.5. The van der Waals surface area contributed by atoms with Gasteiger partial charge in [-0.05, 0) is 118 Å². The van der Waals surface area contributed by atoms with Crippen LogP contribution in [0.1, 0.15) is 57.1 Å². The first-order chi connectivity index (χ1) is 17.9. The van der Waals surface area contributed by atoms with Gasteiger partial charge in [0.2, 0.25) is 0 Å². The SMILES string of the molecule is C#CCCN1CCCCC1.Nc1cc(Br)cnc1Br.Nc1cc(Br)cnc1C#CCCN1CCCCC1. The summed E-state index contributed by atoms with van der Waals surface area (Å²) in [6.07, 6.45) is 18.6. The van der Waals surface area contributed by atoms with E-state index in [0.717, 1.165) is 34.9 Å². The lowest BCUT2D eigenvalue weighted by molar-refractivity contribution is 0.234. The van der Waals surface area contributed by atoms with Crippen molar-refractivity contribution < 1.29 is 0 Å². The summed E-state index contributed by atoms with van der Waals surface area (Å²) < 4.78 is 2.47. The van der Waals surface area contributed by atoms with Gasteiger partial charge in [-0.3, -0.25) is 0 Å². The van der Waals surface area contributed by atoms with Crippen LogP contribution in [0.2, 0.25) is 0 Å². The molecule has 0 spiro atoms. The summed E-state index contributed by atoms with van der Waals surface area (Å²) in [5.41, 5.74) is 13.3. The molecule has 2 aliphatic rings. The summed E-state index contributed by atoms with van der Waals surface area (Å²) >= 11 is 9.74. The number of pyridine rings is 2. The van der Waals surface area contributed by atoms with E-state index in [1.807, 2.05) is 6.07 Å². The van der Waals surface area contributed by atoms with Gasteiger partial charge in [0.05, 0.1) is 11.4 Å². The van der Waals surface area contributed by atoms with Crippen molar-refractivity contribution in [1.82, 2.24) is 19.8 Å². The highest BCUT2D eigenvalue weighted by Crippen LogP contribution is 2.19. The molecule has 0 saturated carbocycles. The van der Waals surface area contributed by atoms with Gasteiger partial charge in [0, 0.05) is 47.3 Å². The molecule has 2 fully saturated rings. The fourth-order valence-corrected chi connectivity index (χ4v) is 4.86. The first-order valence-electron chi connectivity index (χ1n) is 12.7. The number of rotatable bonds is 4. The Morgan fingerprint density at radius 1 is 0.757 bits per heavy atom. The van der Waals surface area contributed by atoms with E-state index in [-0.39, 0.29) is 0 Å². The molecule has 0 amide bonds. The average molecular weight is 697 g/mol. The number of anilines is 2. The lowest BCUT2D eigenvalue weighted by Gasteiger charge is -2.25. The monoisotopic (exact) mass is 694 g/mol. The first-order valence-corrected chi connectivity index (χ1v) is 15.1. The third-order valence-corrected chi connectivity index (χ3v) is 7.48. The molecular formula is C28H37Br3N6. The normalized spacial score (nSPS) is 15.6. The largest absolute Gasteiger partial charge is 0.397 e. The van der Waals surface area contributed by atoms with Crippen LogP contribution in [0.4, 0.5) is 11.4 Å². The van der Waals surface area contributed by atoms with E-state index >= 15 is 0 Å². The van der Waals surface area contributed by atoms with E-state index < -0.39 is 0 Å². The molecule has 2 aromatic heterocycles. The molecule has 4 rings (SSSR count). The minimum absolute atomic E-state index is 0.634. The Morgan fingerprint density at radius 3 is 1.76 bits per heavy atom. The van der Waals surface area contributed by atoms with Crippen LogP contribution in [0, 0.1) is 24.2 Å². The van der Waals surface area contributed by atoms with Crippen molar-refractivity contribution in [3.05, 3.63) is 43.8 Å². The topological polar surface area (TPSA) is 84.3 Å². The van der Waals surface area contributed by atoms with E-state index in [0.29, 0.717) is 21.7 Å². The van der Waals surface area contributed by atoms with Gasteiger partial charge in [-0.1, -0.05) is 18.8 Å². The van der Waals surface area contributed by atoms with Crippen LogP contribution in [-0.2, 0) is 0 Å². The van der Waals surface area contributed by atoms with Crippen molar-refractivity contribution in [2.45, 2.75) is 51.4 Å². The molecule has 4 heterocycles. The van der Waals surface area contributed by atoms with Crippen LogP contribution in [0.15, 0.2) is 38.1 Å². The molecule has 37 heavy (non-hydrogen) atoms. The standard InChI is InChI=1S/C14H18BrN3.C9H15N.C5H4Br2N2/c15-12-10-13(16)14(17-11-12)6-2-5-9-18-7-3-1-4-8-18;1-2-3-7-10-8-5-4-6-9-10;6-3-1-4(8)5(7)9-2-3/h10-11H,1,3-5,7-9,16H2;1H,3-9H2;1-2H,8H2. The molecule has 4 N–H and O–H groups in total. The molecule has 0 aliphatic carbocycles. The second-order valence-electron chi connectivity index (χ2n) is 8.94. The third-order valence-electron chi connectivity index (χ3n) is 5.95. The Hall–Kier alpha value is -1.62. The van der Waals surface area contributed by atoms with E-state index in [1.165, 1.54) is 64.7 Å². The van der Waals surface area contributed by atoms with Crippen LogP contribution >= 0.6 is 47.8 Å². The number of hydrogen-bond donors (Lipinski definition) is 2. The molecule has 9 heteroatoms. The van der Waals surface area contributed by atoms with Crippen molar-refractivity contribution in [3.8, 4) is 24.2 Å².